The number of rotatable bonds is 1. The molecule has 0 spiro atoms. The van der Waals surface area contributed by atoms with Crippen molar-refractivity contribution in [1.29, 1.82) is 0 Å². The number of benzene rings is 8. The molecule has 0 saturated carbocycles. The quantitative estimate of drug-likeness (QED) is 0.180. The van der Waals surface area contributed by atoms with E-state index in [1.54, 1.807) is 0 Å². The van der Waals surface area contributed by atoms with Crippen molar-refractivity contribution in [2.45, 2.75) is 0 Å². The first-order chi connectivity index (χ1) is 22.8. The molecule has 10 aromatic rings. The van der Waals surface area contributed by atoms with Crippen molar-refractivity contribution < 1.29 is 4.74 Å². The Morgan fingerprint density at radius 3 is 1.87 bits per heavy atom. The summed E-state index contributed by atoms with van der Waals surface area (Å²) in [7, 11) is 0. The van der Waals surface area contributed by atoms with Crippen LogP contribution in [0.2, 0.25) is 0 Å². The molecule has 1 aliphatic rings. The van der Waals surface area contributed by atoms with Crippen LogP contribution in [0.1, 0.15) is 0 Å². The van der Waals surface area contributed by atoms with E-state index in [0.717, 1.165) is 55.5 Å². The average molecular weight is 586 g/mol. The lowest BCUT2D eigenvalue weighted by Gasteiger charge is -2.22. The first-order valence-corrected chi connectivity index (χ1v) is 15.6. The van der Waals surface area contributed by atoms with E-state index in [0.29, 0.717) is 5.95 Å². The van der Waals surface area contributed by atoms with Gasteiger partial charge in [-0.05, 0) is 79.5 Å². The number of aromatic nitrogens is 3. The smallest absolute Gasteiger partial charge is 0.235 e. The van der Waals surface area contributed by atoms with Crippen LogP contribution < -0.4 is 4.74 Å². The number of nitrogens with zero attached hydrogens (tertiary/aromatic N) is 3. The second kappa shape index (κ2) is 8.68. The molecule has 46 heavy (non-hydrogen) atoms. The minimum absolute atomic E-state index is 0.649. The van der Waals surface area contributed by atoms with E-state index in [1.165, 1.54) is 43.1 Å². The summed E-state index contributed by atoms with van der Waals surface area (Å²) in [5, 5.41) is 13.1. The van der Waals surface area contributed by atoms with Crippen molar-refractivity contribution in [2.24, 2.45) is 0 Å². The number of ether oxygens (including phenoxy) is 1. The van der Waals surface area contributed by atoms with Gasteiger partial charge in [-0.15, -0.1) is 0 Å². The van der Waals surface area contributed by atoms with Gasteiger partial charge < -0.3 is 4.74 Å². The van der Waals surface area contributed by atoms with Gasteiger partial charge >= 0.3 is 0 Å². The summed E-state index contributed by atoms with van der Waals surface area (Å²) in [5.74, 6) is 2.25. The largest absolute Gasteiger partial charge is 0.456 e. The molecule has 0 unspecified atom stereocenters. The normalized spacial score (nSPS) is 12.5. The van der Waals surface area contributed by atoms with Crippen LogP contribution in [0.3, 0.4) is 0 Å². The molecular formula is C42H23N3O. The molecule has 0 amide bonds. The number of fused-ring (bicyclic) bond motifs is 13. The SMILES string of the molecule is c1ccc2c3c(ccc2c1)Oc1cccc2nc(-n4c5ccccc5c5cc6c7ccccc7c7ccccc7c6cc54)nc-3c12. The van der Waals surface area contributed by atoms with Gasteiger partial charge in [0.2, 0.25) is 5.95 Å². The van der Waals surface area contributed by atoms with E-state index in [1.807, 2.05) is 12.1 Å². The van der Waals surface area contributed by atoms with Crippen molar-refractivity contribution >= 4 is 75.8 Å². The van der Waals surface area contributed by atoms with Gasteiger partial charge in [-0.25, -0.2) is 9.97 Å². The Balaban J connectivity index is 1.31. The average Bonchev–Trinajstić information content (AvgIpc) is 3.44. The van der Waals surface area contributed by atoms with Gasteiger partial charge in [-0.1, -0.05) is 103 Å². The van der Waals surface area contributed by atoms with E-state index in [2.05, 4.69) is 132 Å². The Labute approximate surface area is 262 Å². The summed E-state index contributed by atoms with van der Waals surface area (Å²) in [6.45, 7) is 0. The van der Waals surface area contributed by atoms with Gasteiger partial charge in [0, 0.05) is 10.8 Å². The highest BCUT2D eigenvalue weighted by Gasteiger charge is 2.26. The first-order valence-electron chi connectivity index (χ1n) is 15.6. The molecule has 3 heterocycles. The Hall–Kier alpha value is -6.26. The lowest BCUT2D eigenvalue weighted by Crippen LogP contribution is -2.07. The Morgan fingerprint density at radius 2 is 1.09 bits per heavy atom. The summed E-state index contributed by atoms with van der Waals surface area (Å²) < 4.78 is 8.71. The van der Waals surface area contributed by atoms with Crippen LogP contribution in [0.25, 0.3) is 93.0 Å². The predicted octanol–water partition coefficient (Wildman–Crippen LogP) is 11.1. The van der Waals surface area contributed by atoms with Crippen molar-refractivity contribution in [1.82, 2.24) is 14.5 Å². The molecule has 4 nitrogen and oxygen atoms in total. The molecule has 4 heteroatoms. The summed E-state index contributed by atoms with van der Waals surface area (Å²) in [6, 6.07) is 49.5. The number of hydrogen-bond acceptors (Lipinski definition) is 3. The summed E-state index contributed by atoms with van der Waals surface area (Å²) in [4.78, 5) is 10.7. The van der Waals surface area contributed by atoms with E-state index in [9.17, 15) is 0 Å². The lowest BCUT2D eigenvalue weighted by atomic mass is 9.93. The van der Waals surface area contributed by atoms with Crippen molar-refractivity contribution in [3.8, 4) is 28.7 Å². The standard InChI is InChI=1S/C42H23N3O/c1-2-11-25-24(10-1)20-21-38-39(25)41-40-34(17-9-19-37(40)46-38)43-42(44-41)45-35-18-8-7-16-30(35)33-22-31-28-14-5-3-12-26(28)27-13-4-6-15-29(27)32(31)23-36(33)45/h1-23H. The van der Waals surface area contributed by atoms with Gasteiger partial charge in [0.25, 0.3) is 0 Å². The fourth-order valence-corrected chi connectivity index (χ4v) is 7.79. The fourth-order valence-electron chi connectivity index (χ4n) is 7.79. The molecule has 0 aliphatic carbocycles. The Morgan fingerprint density at radius 1 is 0.435 bits per heavy atom. The molecule has 11 rings (SSSR count). The highest BCUT2D eigenvalue weighted by molar-refractivity contribution is 6.28. The molecular weight excluding hydrogens is 562 g/mol. The maximum absolute atomic E-state index is 6.47. The van der Waals surface area contributed by atoms with Crippen molar-refractivity contribution in [2.75, 3.05) is 0 Å². The Bertz CT molecular complexity index is 2960. The van der Waals surface area contributed by atoms with E-state index in [4.69, 9.17) is 14.7 Å². The maximum Gasteiger partial charge on any atom is 0.235 e. The lowest BCUT2D eigenvalue weighted by molar-refractivity contribution is 0.487. The molecule has 1 aliphatic heterocycles. The molecule has 0 bridgehead atoms. The minimum Gasteiger partial charge on any atom is -0.456 e. The second-order valence-corrected chi connectivity index (χ2v) is 12.1. The second-order valence-electron chi connectivity index (χ2n) is 12.1. The molecule has 0 radical (unpaired) electrons. The fraction of sp³-hybridized carbons (Fsp3) is 0. The molecule has 212 valence electrons. The summed E-state index contributed by atoms with van der Waals surface area (Å²) >= 11 is 0. The van der Waals surface area contributed by atoms with Crippen LogP contribution >= 0.6 is 0 Å². The van der Waals surface area contributed by atoms with Crippen LogP contribution in [0, 0.1) is 0 Å². The van der Waals surface area contributed by atoms with E-state index < -0.39 is 0 Å². The van der Waals surface area contributed by atoms with Gasteiger partial charge in [-0.2, -0.15) is 0 Å². The third-order valence-corrected chi connectivity index (χ3v) is 9.76. The van der Waals surface area contributed by atoms with Gasteiger partial charge in [0.1, 0.15) is 11.5 Å². The van der Waals surface area contributed by atoms with Crippen LogP contribution in [-0.2, 0) is 0 Å². The summed E-state index contributed by atoms with van der Waals surface area (Å²) in [6.07, 6.45) is 0. The van der Waals surface area contributed by atoms with Gasteiger partial charge in [0.15, 0.2) is 0 Å². The molecule has 0 saturated heterocycles. The van der Waals surface area contributed by atoms with Crippen molar-refractivity contribution in [3.05, 3.63) is 140 Å². The molecule has 0 N–H and O–H groups in total. The zero-order valence-electron chi connectivity index (χ0n) is 24.5. The van der Waals surface area contributed by atoms with Gasteiger partial charge in [-0.3, -0.25) is 4.57 Å². The number of para-hydroxylation sites is 1. The van der Waals surface area contributed by atoms with Crippen LogP contribution in [0.5, 0.6) is 11.5 Å². The number of hydrogen-bond donors (Lipinski definition) is 0. The van der Waals surface area contributed by atoms with Crippen LogP contribution in [-0.4, -0.2) is 14.5 Å². The molecule has 0 atom stereocenters. The maximum atomic E-state index is 6.47. The van der Waals surface area contributed by atoms with Crippen LogP contribution in [0.4, 0.5) is 0 Å². The minimum atomic E-state index is 0.649. The van der Waals surface area contributed by atoms with Crippen molar-refractivity contribution in [3.63, 3.8) is 0 Å². The monoisotopic (exact) mass is 585 g/mol. The summed E-state index contributed by atoms with van der Waals surface area (Å²) in [5.41, 5.74) is 4.93. The third kappa shape index (κ3) is 3.07. The Kier molecular flexibility index (Phi) is 4.55. The zero-order chi connectivity index (χ0) is 29.9. The predicted molar refractivity (Wildman–Crippen MR) is 189 cm³/mol. The molecule has 8 aromatic carbocycles. The topological polar surface area (TPSA) is 39.9 Å². The highest BCUT2D eigenvalue weighted by atomic mass is 16.5. The molecule has 0 fully saturated rings. The van der Waals surface area contributed by atoms with Gasteiger partial charge in [0.05, 0.1) is 33.2 Å². The van der Waals surface area contributed by atoms with E-state index >= 15 is 0 Å². The third-order valence-electron chi connectivity index (χ3n) is 9.76. The molecule has 2 aromatic heterocycles. The van der Waals surface area contributed by atoms with E-state index in [-0.39, 0.29) is 0 Å². The van der Waals surface area contributed by atoms with Crippen LogP contribution in [0.15, 0.2) is 140 Å². The highest BCUT2D eigenvalue weighted by Crippen LogP contribution is 2.49. The zero-order valence-corrected chi connectivity index (χ0v) is 24.5. The first kappa shape index (κ1) is 24.1.